The van der Waals surface area contributed by atoms with Crippen LogP contribution in [0, 0.1) is 19.3 Å². The molecule has 0 aliphatic carbocycles. The smallest absolute Gasteiger partial charge is 0.255 e. The molecule has 0 radical (unpaired) electrons. The van der Waals surface area contributed by atoms with Gasteiger partial charge in [0.05, 0.1) is 5.56 Å². The van der Waals surface area contributed by atoms with Gasteiger partial charge in [-0.15, -0.1) is 0 Å². The Bertz CT molecular complexity index is 955. The van der Waals surface area contributed by atoms with Crippen molar-refractivity contribution in [2.24, 2.45) is 5.41 Å². The van der Waals surface area contributed by atoms with Crippen molar-refractivity contribution in [3.63, 3.8) is 0 Å². The molecule has 148 valence electrons. The van der Waals surface area contributed by atoms with E-state index in [1.165, 1.54) is 11.6 Å². The number of rotatable bonds is 3. The van der Waals surface area contributed by atoms with Crippen LogP contribution >= 0.6 is 0 Å². The number of fused-ring (bicyclic) bond motifs is 1. The molecule has 28 heavy (non-hydrogen) atoms. The van der Waals surface area contributed by atoms with Gasteiger partial charge in [-0.05, 0) is 61.8 Å². The Hall–Kier alpha value is -2.76. The Balaban J connectivity index is 1.54. The second-order valence-electron chi connectivity index (χ2n) is 8.32. The van der Waals surface area contributed by atoms with Gasteiger partial charge in [-0.3, -0.25) is 9.59 Å². The molecule has 4 rings (SSSR count). The summed E-state index contributed by atoms with van der Waals surface area (Å²) >= 11 is 0. The fourth-order valence-corrected chi connectivity index (χ4v) is 4.51. The van der Waals surface area contributed by atoms with Crippen molar-refractivity contribution in [3.05, 3.63) is 57.0 Å². The number of carbonyl (C=O) groups is 1. The van der Waals surface area contributed by atoms with Crippen molar-refractivity contribution in [1.29, 1.82) is 0 Å². The number of aromatic nitrogens is 1. The molecule has 1 saturated heterocycles. The largest absolute Gasteiger partial charge is 0.454 e. The number of carbonyl (C=O) groups excluding carboxylic acids is 1. The number of H-pyrrole nitrogens is 1. The Morgan fingerprint density at radius 2 is 2.00 bits per heavy atom. The van der Waals surface area contributed by atoms with Crippen LogP contribution in [0.2, 0.25) is 0 Å². The van der Waals surface area contributed by atoms with E-state index in [0.717, 1.165) is 42.9 Å². The topological polar surface area (TPSA) is 71.6 Å². The lowest BCUT2D eigenvalue weighted by molar-refractivity contribution is 0.0548. The SMILES string of the molecule is Cc1cc(=O)[nH]c(C)c1C(=O)N1CCC[C@](C)(Cc2ccc3c(c2)OCO3)C1. The molecule has 1 amide bonds. The summed E-state index contributed by atoms with van der Waals surface area (Å²) in [4.78, 5) is 29.6. The molecule has 1 N–H and O–H groups in total. The first kappa shape index (κ1) is 18.6. The number of nitrogens with zero attached hydrogens (tertiary/aromatic N) is 1. The van der Waals surface area contributed by atoms with E-state index in [-0.39, 0.29) is 23.7 Å². The number of hydrogen-bond acceptors (Lipinski definition) is 4. The Kier molecular flexibility index (Phi) is 4.65. The lowest BCUT2D eigenvalue weighted by Gasteiger charge is -2.41. The lowest BCUT2D eigenvalue weighted by atomic mass is 9.76. The Labute approximate surface area is 164 Å². The van der Waals surface area contributed by atoms with Gasteiger partial charge < -0.3 is 19.4 Å². The van der Waals surface area contributed by atoms with Gasteiger partial charge in [-0.25, -0.2) is 0 Å². The second kappa shape index (κ2) is 7.00. The monoisotopic (exact) mass is 382 g/mol. The minimum atomic E-state index is -0.169. The molecule has 0 spiro atoms. The fourth-order valence-electron chi connectivity index (χ4n) is 4.51. The molecule has 1 aromatic carbocycles. The molecule has 6 nitrogen and oxygen atoms in total. The Morgan fingerprint density at radius 1 is 1.21 bits per heavy atom. The van der Waals surface area contributed by atoms with Crippen LogP contribution in [0.5, 0.6) is 11.5 Å². The molecular weight excluding hydrogens is 356 g/mol. The standard InChI is InChI=1S/C22H26N2O4/c1-14-9-19(25)23-15(2)20(14)21(26)24-8-4-7-22(3,12-24)11-16-5-6-17-18(10-16)28-13-27-17/h5-6,9-10H,4,7-8,11-13H2,1-3H3,(H,23,25)/t22-/m1/s1. The van der Waals surface area contributed by atoms with Crippen LogP contribution in [0.15, 0.2) is 29.1 Å². The van der Waals surface area contributed by atoms with E-state index < -0.39 is 0 Å². The molecule has 0 saturated carbocycles. The van der Waals surface area contributed by atoms with Gasteiger partial charge in [0.25, 0.3) is 5.91 Å². The Morgan fingerprint density at radius 3 is 2.79 bits per heavy atom. The molecule has 3 heterocycles. The van der Waals surface area contributed by atoms with Gasteiger partial charge in [-0.2, -0.15) is 0 Å². The van der Waals surface area contributed by atoms with Crippen molar-refractivity contribution >= 4 is 5.91 Å². The molecule has 0 unspecified atom stereocenters. The van der Waals surface area contributed by atoms with E-state index in [0.29, 0.717) is 17.8 Å². The van der Waals surface area contributed by atoms with Gasteiger partial charge >= 0.3 is 0 Å². The number of aromatic amines is 1. The van der Waals surface area contributed by atoms with E-state index in [2.05, 4.69) is 18.0 Å². The zero-order valence-electron chi connectivity index (χ0n) is 16.6. The summed E-state index contributed by atoms with van der Waals surface area (Å²) in [6.45, 7) is 7.56. The summed E-state index contributed by atoms with van der Waals surface area (Å²) in [6.07, 6.45) is 2.90. The highest BCUT2D eigenvalue weighted by molar-refractivity contribution is 5.96. The molecule has 2 aromatic rings. The third-order valence-corrected chi connectivity index (χ3v) is 5.78. The van der Waals surface area contributed by atoms with Crippen molar-refractivity contribution in [2.45, 2.75) is 40.0 Å². The number of benzene rings is 1. The molecular formula is C22H26N2O4. The van der Waals surface area contributed by atoms with E-state index in [9.17, 15) is 9.59 Å². The zero-order chi connectivity index (χ0) is 19.9. The second-order valence-corrected chi connectivity index (χ2v) is 8.32. The average Bonchev–Trinajstić information content (AvgIpc) is 3.08. The van der Waals surface area contributed by atoms with Crippen LogP contribution in [0.3, 0.4) is 0 Å². The van der Waals surface area contributed by atoms with Crippen LogP contribution in [0.25, 0.3) is 0 Å². The maximum absolute atomic E-state index is 13.2. The maximum Gasteiger partial charge on any atom is 0.255 e. The van der Waals surface area contributed by atoms with Gasteiger partial charge in [0.1, 0.15) is 0 Å². The lowest BCUT2D eigenvalue weighted by Crippen LogP contribution is -2.46. The van der Waals surface area contributed by atoms with Crippen molar-refractivity contribution in [1.82, 2.24) is 9.88 Å². The molecule has 1 fully saturated rings. The number of hydrogen-bond donors (Lipinski definition) is 1. The molecule has 1 atom stereocenters. The summed E-state index contributed by atoms with van der Waals surface area (Å²) in [6, 6.07) is 7.58. The van der Waals surface area contributed by atoms with E-state index in [1.54, 1.807) is 6.92 Å². The van der Waals surface area contributed by atoms with Crippen LogP contribution in [-0.4, -0.2) is 35.7 Å². The summed E-state index contributed by atoms with van der Waals surface area (Å²) < 4.78 is 10.9. The van der Waals surface area contributed by atoms with Crippen LogP contribution in [0.4, 0.5) is 0 Å². The molecule has 6 heteroatoms. The number of pyridine rings is 1. The van der Waals surface area contributed by atoms with Gasteiger partial charge in [0, 0.05) is 24.8 Å². The number of aryl methyl sites for hydroxylation is 2. The van der Waals surface area contributed by atoms with Crippen molar-refractivity contribution < 1.29 is 14.3 Å². The first-order chi connectivity index (χ1) is 13.3. The van der Waals surface area contributed by atoms with Crippen LogP contribution in [0.1, 0.15) is 46.9 Å². The summed E-state index contributed by atoms with van der Waals surface area (Å²) in [5.74, 6) is 1.59. The number of likely N-dealkylation sites (tertiary alicyclic amines) is 1. The fraction of sp³-hybridized carbons (Fsp3) is 0.455. The molecule has 2 aliphatic rings. The average molecular weight is 382 g/mol. The van der Waals surface area contributed by atoms with E-state index >= 15 is 0 Å². The molecule has 2 aliphatic heterocycles. The summed E-state index contributed by atoms with van der Waals surface area (Å²) in [7, 11) is 0. The third kappa shape index (κ3) is 3.51. The van der Waals surface area contributed by atoms with Gasteiger partial charge in [0.2, 0.25) is 12.4 Å². The number of piperidine rings is 1. The molecule has 0 bridgehead atoms. The highest BCUT2D eigenvalue weighted by atomic mass is 16.7. The first-order valence-corrected chi connectivity index (χ1v) is 9.73. The van der Waals surface area contributed by atoms with Gasteiger partial charge in [0.15, 0.2) is 11.5 Å². The van der Waals surface area contributed by atoms with E-state index in [1.807, 2.05) is 24.0 Å². The first-order valence-electron chi connectivity index (χ1n) is 9.73. The highest BCUT2D eigenvalue weighted by Gasteiger charge is 2.34. The minimum absolute atomic E-state index is 0.00265. The number of nitrogens with one attached hydrogen (secondary N) is 1. The van der Waals surface area contributed by atoms with Crippen molar-refractivity contribution in [3.8, 4) is 11.5 Å². The zero-order valence-corrected chi connectivity index (χ0v) is 16.6. The minimum Gasteiger partial charge on any atom is -0.454 e. The summed E-state index contributed by atoms with van der Waals surface area (Å²) in [5.41, 5.74) is 3.00. The third-order valence-electron chi connectivity index (χ3n) is 5.78. The highest BCUT2D eigenvalue weighted by Crippen LogP contribution is 2.38. The quantitative estimate of drug-likeness (QED) is 0.885. The van der Waals surface area contributed by atoms with Gasteiger partial charge in [-0.1, -0.05) is 13.0 Å². The predicted octanol–water partition coefficient (Wildman–Crippen LogP) is 3.21. The normalized spacial score (nSPS) is 21.0. The van der Waals surface area contributed by atoms with Crippen molar-refractivity contribution in [2.75, 3.05) is 19.9 Å². The maximum atomic E-state index is 13.2. The summed E-state index contributed by atoms with van der Waals surface area (Å²) in [5, 5.41) is 0. The van der Waals surface area contributed by atoms with Crippen LogP contribution in [-0.2, 0) is 6.42 Å². The number of ether oxygens (including phenoxy) is 2. The predicted molar refractivity (Wildman–Crippen MR) is 106 cm³/mol. The van der Waals surface area contributed by atoms with Crippen LogP contribution < -0.4 is 15.0 Å². The molecule has 1 aromatic heterocycles. The number of amides is 1. The van der Waals surface area contributed by atoms with E-state index in [4.69, 9.17) is 9.47 Å².